The first kappa shape index (κ1) is 14.5. The highest BCUT2D eigenvalue weighted by Gasteiger charge is 2.61. The van der Waals surface area contributed by atoms with Crippen molar-refractivity contribution in [2.45, 2.75) is 31.0 Å². The maximum Gasteiger partial charge on any atom is 0.275 e. The third kappa shape index (κ3) is 1.97. The van der Waals surface area contributed by atoms with Crippen LogP contribution in [0.1, 0.15) is 29.8 Å². The van der Waals surface area contributed by atoms with Crippen LogP contribution in [0.5, 0.6) is 0 Å². The number of carbonyl (C=O) groups excluding carboxylic acids is 2. The SMILES string of the molecule is O=C(c1ncc(F)cc1F)N1CC[C@@]23OCCCN2C(=O)C[C@@H]13. The number of amides is 2. The van der Waals surface area contributed by atoms with Gasteiger partial charge in [-0.05, 0) is 6.42 Å². The van der Waals surface area contributed by atoms with E-state index in [-0.39, 0.29) is 12.3 Å². The molecule has 0 bridgehead atoms. The third-order valence-corrected chi connectivity index (χ3v) is 4.88. The molecular weight excluding hydrogens is 308 g/mol. The summed E-state index contributed by atoms with van der Waals surface area (Å²) in [5, 5.41) is 0. The van der Waals surface area contributed by atoms with Crippen LogP contribution < -0.4 is 0 Å². The minimum absolute atomic E-state index is 0.0558. The van der Waals surface area contributed by atoms with E-state index in [0.29, 0.717) is 32.2 Å². The number of carbonyl (C=O) groups is 2. The van der Waals surface area contributed by atoms with E-state index in [1.807, 2.05) is 0 Å². The van der Waals surface area contributed by atoms with Gasteiger partial charge in [-0.2, -0.15) is 0 Å². The van der Waals surface area contributed by atoms with Gasteiger partial charge in [0.1, 0.15) is 5.82 Å². The fourth-order valence-electron chi connectivity index (χ4n) is 3.90. The molecule has 0 aromatic carbocycles. The molecule has 1 aromatic heterocycles. The molecule has 0 aliphatic carbocycles. The fourth-order valence-corrected chi connectivity index (χ4v) is 3.90. The molecule has 1 aromatic rings. The first-order chi connectivity index (χ1) is 11.0. The predicted molar refractivity (Wildman–Crippen MR) is 73.2 cm³/mol. The highest BCUT2D eigenvalue weighted by Crippen LogP contribution is 2.45. The zero-order valence-electron chi connectivity index (χ0n) is 12.3. The predicted octanol–water partition coefficient (Wildman–Crippen LogP) is 0.923. The average molecular weight is 323 g/mol. The minimum atomic E-state index is -0.998. The lowest BCUT2D eigenvalue weighted by atomic mass is 10.0. The lowest BCUT2D eigenvalue weighted by Crippen LogP contribution is -2.56. The van der Waals surface area contributed by atoms with Gasteiger partial charge in [0, 0.05) is 25.6 Å². The van der Waals surface area contributed by atoms with Crippen molar-refractivity contribution >= 4 is 11.8 Å². The van der Waals surface area contributed by atoms with E-state index in [1.54, 1.807) is 4.90 Å². The molecule has 2 atom stereocenters. The number of nitrogens with zero attached hydrogens (tertiary/aromatic N) is 3. The topological polar surface area (TPSA) is 62.7 Å². The minimum Gasteiger partial charge on any atom is -0.353 e. The molecule has 2 amide bonds. The van der Waals surface area contributed by atoms with Crippen LogP contribution >= 0.6 is 0 Å². The number of likely N-dealkylation sites (tertiary alicyclic amines) is 1. The van der Waals surface area contributed by atoms with Gasteiger partial charge < -0.3 is 14.5 Å². The van der Waals surface area contributed by atoms with Crippen molar-refractivity contribution in [3.05, 3.63) is 29.6 Å². The first-order valence-electron chi connectivity index (χ1n) is 7.59. The van der Waals surface area contributed by atoms with Gasteiger partial charge in [0.05, 0.1) is 25.3 Å². The summed E-state index contributed by atoms with van der Waals surface area (Å²) >= 11 is 0. The monoisotopic (exact) mass is 323 g/mol. The lowest BCUT2D eigenvalue weighted by molar-refractivity contribution is -0.179. The van der Waals surface area contributed by atoms with Gasteiger partial charge in [-0.25, -0.2) is 13.8 Å². The molecule has 1 spiro atoms. The van der Waals surface area contributed by atoms with Gasteiger partial charge in [-0.15, -0.1) is 0 Å². The largest absolute Gasteiger partial charge is 0.353 e. The Labute approximate surface area is 131 Å². The summed E-state index contributed by atoms with van der Waals surface area (Å²) in [5.74, 6) is -2.52. The maximum atomic E-state index is 13.8. The summed E-state index contributed by atoms with van der Waals surface area (Å²) in [7, 11) is 0. The second-order valence-corrected chi connectivity index (χ2v) is 6.04. The number of hydrogen-bond donors (Lipinski definition) is 0. The van der Waals surface area contributed by atoms with E-state index in [1.165, 1.54) is 4.90 Å². The molecule has 3 aliphatic rings. The Hall–Kier alpha value is -2.09. The van der Waals surface area contributed by atoms with Gasteiger partial charge in [0.2, 0.25) is 5.91 Å². The average Bonchev–Trinajstić information content (AvgIpc) is 2.99. The number of ether oxygens (including phenoxy) is 1. The third-order valence-electron chi connectivity index (χ3n) is 4.88. The van der Waals surface area contributed by atoms with Crippen LogP contribution in [0.25, 0.3) is 0 Å². The summed E-state index contributed by atoms with van der Waals surface area (Å²) < 4.78 is 32.7. The smallest absolute Gasteiger partial charge is 0.275 e. The Balaban J connectivity index is 1.66. The van der Waals surface area contributed by atoms with Crippen LogP contribution in [-0.4, -0.2) is 58.1 Å². The molecule has 6 nitrogen and oxygen atoms in total. The van der Waals surface area contributed by atoms with E-state index in [9.17, 15) is 18.4 Å². The zero-order valence-corrected chi connectivity index (χ0v) is 12.3. The van der Waals surface area contributed by atoms with Crippen molar-refractivity contribution in [3.8, 4) is 0 Å². The Kier molecular flexibility index (Phi) is 3.12. The van der Waals surface area contributed by atoms with Gasteiger partial charge in [-0.1, -0.05) is 0 Å². The number of hydrogen-bond acceptors (Lipinski definition) is 4. The van der Waals surface area contributed by atoms with E-state index >= 15 is 0 Å². The summed E-state index contributed by atoms with van der Waals surface area (Å²) in [6.07, 6.45) is 2.24. The number of rotatable bonds is 1. The van der Waals surface area contributed by atoms with Crippen LogP contribution in [0.15, 0.2) is 12.3 Å². The molecule has 0 N–H and O–H groups in total. The Bertz CT molecular complexity index is 699. The van der Waals surface area contributed by atoms with Gasteiger partial charge in [-0.3, -0.25) is 9.59 Å². The summed E-state index contributed by atoms with van der Waals surface area (Å²) in [6.45, 7) is 1.50. The number of pyridine rings is 1. The van der Waals surface area contributed by atoms with Crippen molar-refractivity contribution in [2.75, 3.05) is 19.7 Å². The van der Waals surface area contributed by atoms with E-state index in [2.05, 4.69) is 4.98 Å². The number of halogens is 2. The van der Waals surface area contributed by atoms with Crippen molar-refractivity contribution in [1.29, 1.82) is 0 Å². The number of aromatic nitrogens is 1. The quantitative estimate of drug-likeness (QED) is 0.771. The first-order valence-corrected chi connectivity index (χ1v) is 7.59. The Morgan fingerprint density at radius 1 is 1.39 bits per heavy atom. The van der Waals surface area contributed by atoms with Crippen molar-refractivity contribution in [1.82, 2.24) is 14.8 Å². The Morgan fingerprint density at radius 2 is 2.22 bits per heavy atom. The van der Waals surface area contributed by atoms with Crippen LogP contribution in [0.4, 0.5) is 8.78 Å². The molecule has 0 unspecified atom stereocenters. The van der Waals surface area contributed by atoms with Crippen molar-refractivity contribution in [3.63, 3.8) is 0 Å². The zero-order chi connectivity index (χ0) is 16.2. The molecule has 23 heavy (non-hydrogen) atoms. The molecule has 3 aliphatic heterocycles. The van der Waals surface area contributed by atoms with E-state index < -0.39 is 35.0 Å². The molecular formula is C15H15F2N3O3. The molecule has 4 heterocycles. The Morgan fingerprint density at radius 3 is 3.00 bits per heavy atom. The second-order valence-electron chi connectivity index (χ2n) is 6.04. The van der Waals surface area contributed by atoms with E-state index in [4.69, 9.17) is 4.74 Å². The highest BCUT2D eigenvalue weighted by atomic mass is 19.1. The van der Waals surface area contributed by atoms with Crippen LogP contribution in [0, 0.1) is 11.6 Å². The molecule has 122 valence electrons. The van der Waals surface area contributed by atoms with Crippen LogP contribution in [0.3, 0.4) is 0 Å². The maximum absolute atomic E-state index is 13.8. The summed E-state index contributed by atoms with van der Waals surface area (Å²) in [4.78, 5) is 31.5. The van der Waals surface area contributed by atoms with Crippen molar-refractivity contribution < 1.29 is 23.1 Å². The molecule has 3 saturated heterocycles. The van der Waals surface area contributed by atoms with Crippen LogP contribution in [-0.2, 0) is 9.53 Å². The molecule has 0 radical (unpaired) electrons. The van der Waals surface area contributed by atoms with Crippen molar-refractivity contribution in [2.24, 2.45) is 0 Å². The highest BCUT2D eigenvalue weighted by molar-refractivity contribution is 5.94. The normalized spacial score (nSPS) is 29.7. The standard InChI is InChI=1S/C15H15F2N3O3/c16-9-6-10(17)13(18-8-9)14(22)19-4-2-15-11(19)7-12(21)20(15)3-1-5-23-15/h6,8,11H,1-5,7H2/t11-,15+/m1/s1. The summed E-state index contributed by atoms with van der Waals surface area (Å²) in [5.41, 5.74) is -1.22. The van der Waals surface area contributed by atoms with Crippen LogP contribution in [0.2, 0.25) is 0 Å². The lowest BCUT2D eigenvalue weighted by Gasteiger charge is -2.42. The fraction of sp³-hybridized carbons (Fsp3) is 0.533. The van der Waals surface area contributed by atoms with Gasteiger partial charge in [0.15, 0.2) is 17.2 Å². The van der Waals surface area contributed by atoms with Gasteiger partial charge >= 0.3 is 0 Å². The molecule has 3 fully saturated rings. The van der Waals surface area contributed by atoms with E-state index in [0.717, 1.165) is 12.6 Å². The summed E-state index contributed by atoms with van der Waals surface area (Å²) in [6, 6.07) is 0.184. The molecule has 8 heteroatoms. The second kappa shape index (κ2) is 4.95. The molecule has 4 rings (SSSR count). The molecule has 0 saturated carbocycles. The van der Waals surface area contributed by atoms with Gasteiger partial charge in [0.25, 0.3) is 5.91 Å².